The topological polar surface area (TPSA) is 77.0 Å². The lowest BCUT2D eigenvalue weighted by molar-refractivity contribution is 0.392. The third-order valence-corrected chi connectivity index (χ3v) is 3.41. The van der Waals surface area contributed by atoms with Gasteiger partial charge in [0, 0.05) is 17.8 Å². The Balaban J connectivity index is 2.32. The molecule has 0 unspecified atom stereocenters. The molecule has 0 aliphatic rings. The first-order valence-corrected chi connectivity index (χ1v) is 6.74. The average Bonchev–Trinajstić information content (AvgIpc) is 2.65. The van der Waals surface area contributed by atoms with E-state index >= 15 is 0 Å². The van der Waals surface area contributed by atoms with Crippen LogP contribution >= 0.6 is 12.2 Å². The summed E-state index contributed by atoms with van der Waals surface area (Å²) in [6.45, 7) is 8.30. The molecule has 0 saturated heterocycles. The number of nitrogens with two attached hydrogens (primary N) is 1. The highest BCUT2D eigenvalue weighted by atomic mass is 32.1. The van der Waals surface area contributed by atoms with Crippen molar-refractivity contribution in [3.63, 3.8) is 0 Å². The van der Waals surface area contributed by atoms with E-state index in [1.807, 2.05) is 33.8 Å². The van der Waals surface area contributed by atoms with Crippen LogP contribution in [0.1, 0.15) is 33.8 Å². The van der Waals surface area contributed by atoms with Gasteiger partial charge in [-0.25, -0.2) is 4.98 Å². The first kappa shape index (κ1) is 14.5. The third kappa shape index (κ3) is 2.80. The normalized spacial score (nSPS) is 10.6. The van der Waals surface area contributed by atoms with Crippen LogP contribution in [0, 0.1) is 27.7 Å². The second-order valence-electron chi connectivity index (χ2n) is 4.82. The van der Waals surface area contributed by atoms with Crippen LogP contribution in [0.2, 0.25) is 0 Å². The van der Waals surface area contributed by atoms with Crippen molar-refractivity contribution in [1.29, 1.82) is 0 Å². The molecule has 2 rings (SSSR count). The summed E-state index contributed by atoms with van der Waals surface area (Å²) < 4.78 is 5.15. The zero-order valence-corrected chi connectivity index (χ0v) is 12.9. The number of thiocarbonyl (C=S) groups is 1. The summed E-state index contributed by atoms with van der Waals surface area (Å²) in [5.41, 5.74) is 10.4. The first-order chi connectivity index (χ1) is 9.40. The van der Waals surface area contributed by atoms with Gasteiger partial charge in [0.1, 0.15) is 16.6 Å². The van der Waals surface area contributed by atoms with Gasteiger partial charge in [0.05, 0.1) is 11.3 Å². The molecule has 0 spiro atoms. The van der Waals surface area contributed by atoms with Gasteiger partial charge in [-0.15, -0.1) is 0 Å². The fourth-order valence-electron chi connectivity index (χ4n) is 2.20. The molecule has 0 amide bonds. The predicted molar refractivity (Wildman–Crippen MR) is 82.9 cm³/mol. The van der Waals surface area contributed by atoms with Crippen molar-refractivity contribution in [1.82, 2.24) is 10.1 Å². The molecule has 0 aliphatic carbocycles. The Morgan fingerprint density at radius 3 is 2.60 bits per heavy atom. The van der Waals surface area contributed by atoms with E-state index in [1.54, 1.807) is 0 Å². The monoisotopic (exact) mass is 290 g/mol. The fraction of sp³-hybridized carbons (Fsp3) is 0.357. The molecule has 20 heavy (non-hydrogen) atoms. The SMILES string of the molecule is Cc1cc(C)c(C(N)=S)c(NCc2c(C)noc2C)n1. The zero-order valence-electron chi connectivity index (χ0n) is 12.1. The van der Waals surface area contributed by atoms with Crippen LogP contribution in [0.5, 0.6) is 0 Å². The van der Waals surface area contributed by atoms with Gasteiger partial charge in [0.25, 0.3) is 0 Å². The number of nitrogens with one attached hydrogen (secondary N) is 1. The van der Waals surface area contributed by atoms with Crippen LogP contribution in [0.25, 0.3) is 0 Å². The minimum Gasteiger partial charge on any atom is -0.389 e. The van der Waals surface area contributed by atoms with Crippen molar-refractivity contribution >= 4 is 23.0 Å². The molecule has 0 aliphatic heterocycles. The minimum atomic E-state index is 0.344. The number of anilines is 1. The number of aryl methyl sites for hydroxylation is 4. The highest BCUT2D eigenvalue weighted by Gasteiger charge is 2.14. The van der Waals surface area contributed by atoms with E-state index in [2.05, 4.69) is 15.5 Å². The summed E-state index contributed by atoms with van der Waals surface area (Å²) >= 11 is 5.11. The van der Waals surface area contributed by atoms with Crippen molar-refractivity contribution in [3.8, 4) is 0 Å². The molecule has 0 aromatic carbocycles. The van der Waals surface area contributed by atoms with Crippen LogP contribution in [0.3, 0.4) is 0 Å². The van der Waals surface area contributed by atoms with Gasteiger partial charge >= 0.3 is 0 Å². The van der Waals surface area contributed by atoms with E-state index < -0.39 is 0 Å². The standard InChI is InChI=1S/C14H18N4OS/c1-7-5-8(2)17-14(12(7)13(15)20)16-6-11-9(3)18-19-10(11)4/h5H,6H2,1-4H3,(H2,15,20)(H,16,17). The molecule has 0 radical (unpaired) electrons. The summed E-state index contributed by atoms with van der Waals surface area (Å²) in [4.78, 5) is 4.83. The molecular weight excluding hydrogens is 272 g/mol. The Labute approximate surface area is 123 Å². The van der Waals surface area contributed by atoms with Crippen molar-refractivity contribution in [2.45, 2.75) is 34.2 Å². The number of hydrogen-bond donors (Lipinski definition) is 2. The van der Waals surface area contributed by atoms with Gasteiger partial charge in [0.15, 0.2) is 0 Å². The molecule has 0 atom stereocenters. The molecular formula is C14H18N4OS. The lowest BCUT2D eigenvalue weighted by atomic mass is 10.1. The summed E-state index contributed by atoms with van der Waals surface area (Å²) in [7, 11) is 0. The number of rotatable bonds is 4. The maximum Gasteiger partial charge on any atom is 0.138 e. The lowest BCUT2D eigenvalue weighted by Gasteiger charge is -2.13. The molecule has 2 aromatic rings. The molecule has 0 bridgehead atoms. The van der Waals surface area contributed by atoms with E-state index in [9.17, 15) is 0 Å². The molecule has 2 aromatic heterocycles. The number of hydrogen-bond acceptors (Lipinski definition) is 5. The van der Waals surface area contributed by atoms with Gasteiger partial charge in [-0.05, 0) is 39.3 Å². The van der Waals surface area contributed by atoms with Crippen molar-refractivity contribution < 1.29 is 4.52 Å². The van der Waals surface area contributed by atoms with Crippen LogP contribution in [-0.4, -0.2) is 15.1 Å². The van der Waals surface area contributed by atoms with E-state index in [0.29, 0.717) is 17.4 Å². The van der Waals surface area contributed by atoms with Crippen molar-refractivity contribution in [2.75, 3.05) is 5.32 Å². The van der Waals surface area contributed by atoms with E-state index in [-0.39, 0.29) is 0 Å². The number of nitrogens with zero attached hydrogens (tertiary/aromatic N) is 2. The van der Waals surface area contributed by atoms with E-state index in [0.717, 1.165) is 33.8 Å². The lowest BCUT2D eigenvalue weighted by Crippen LogP contribution is -2.17. The predicted octanol–water partition coefficient (Wildman–Crippen LogP) is 2.55. The average molecular weight is 290 g/mol. The van der Waals surface area contributed by atoms with Crippen LogP contribution in [0.15, 0.2) is 10.6 Å². The van der Waals surface area contributed by atoms with Gasteiger partial charge in [-0.2, -0.15) is 0 Å². The number of pyridine rings is 1. The Morgan fingerprint density at radius 2 is 2.05 bits per heavy atom. The maximum atomic E-state index is 5.79. The quantitative estimate of drug-likeness (QED) is 0.843. The largest absolute Gasteiger partial charge is 0.389 e. The second kappa shape index (κ2) is 5.58. The molecule has 0 fully saturated rings. The Bertz CT molecular complexity index is 644. The maximum absolute atomic E-state index is 5.79. The van der Waals surface area contributed by atoms with Gasteiger partial charge < -0.3 is 15.6 Å². The Hall–Kier alpha value is -1.95. The first-order valence-electron chi connectivity index (χ1n) is 6.33. The van der Waals surface area contributed by atoms with Crippen molar-refractivity contribution in [2.24, 2.45) is 5.73 Å². The highest BCUT2D eigenvalue weighted by molar-refractivity contribution is 7.80. The van der Waals surface area contributed by atoms with Gasteiger partial charge in [0.2, 0.25) is 0 Å². The minimum absolute atomic E-state index is 0.344. The Kier molecular flexibility index (Phi) is 4.04. The fourth-order valence-corrected chi connectivity index (χ4v) is 2.46. The summed E-state index contributed by atoms with van der Waals surface area (Å²) in [5.74, 6) is 1.51. The molecule has 106 valence electrons. The molecule has 3 N–H and O–H groups in total. The summed E-state index contributed by atoms with van der Waals surface area (Å²) in [5, 5.41) is 7.22. The third-order valence-electron chi connectivity index (χ3n) is 3.20. The smallest absolute Gasteiger partial charge is 0.138 e. The highest BCUT2D eigenvalue weighted by Crippen LogP contribution is 2.21. The number of aromatic nitrogens is 2. The second-order valence-corrected chi connectivity index (χ2v) is 5.26. The molecule has 0 saturated carbocycles. The van der Waals surface area contributed by atoms with E-state index in [4.69, 9.17) is 22.5 Å². The van der Waals surface area contributed by atoms with Crippen LogP contribution in [-0.2, 0) is 6.54 Å². The van der Waals surface area contributed by atoms with E-state index in [1.165, 1.54) is 0 Å². The molecule has 6 heteroatoms. The van der Waals surface area contributed by atoms with Crippen molar-refractivity contribution in [3.05, 3.63) is 39.9 Å². The van der Waals surface area contributed by atoms with Crippen LogP contribution in [0.4, 0.5) is 5.82 Å². The summed E-state index contributed by atoms with van der Waals surface area (Å²) in [6, 6.07) is 1.97. The van der Waals surface area contributed by atoms with Gasteiger partial charge in [-0.1, -0.05) is 17.4 Å². The Morgan fingerprint density at radius 1 is 1.35 bits per heavy atom. The zero-order chi connectivity index (χ0) is 14.9. The molecule has 5 nitrogen and oxygen atoms in total. The summed E-state index contributed by atoms with van der Waals surface area (Å²) in [6.07, 6.45) is 0. The van der Waals surface area contributed by atoms with Crippen LogP contribution < -0.4 is 11.1 Å². The van der Waals surface area contributed by atoms with Gasteiger partial charge in [-0.3, -0.25) is 0 Å². The molecule has 2 heterocycles.